The summed E-state index contributed by atoms with van der Waals surface area (Å²) in [7, 11) is 1.31. The van der Waals surface area contributed by atoms with Crippen molar-refractivity contribution in [2.45, 2.75) is 26.7 Å². The highest BCUT2D eigenvalue weighted by molar-refractivity contribution is 5.92. The summed E-state index contributed by atoms with van der Waals surface area (Å²) in [6.07, 6.45) is 0.243. The van der Waals surface area contributed by atoms with Gasteiger partial charge in [-0.1, -0.05) is 6.07 Å². The van der Waals surface area contributed by atoms with Crippen LogP contribution in [0.25, 0.3) is 0 Å². The van der Waals surface area contributed by atoms with Crippen molar-refractivity contribution in [3.05, 3.63) is 29.3 Å². The zero-order valence-electron chi connectivity index (χ0n) is 10.4. The molecule has 0 saturated heterocycles. The molecular weight excluding hydrogens is 218 g/mol. The maximum atomic E-state index is 11.5. The topological polar surface area (TPSA) is 55.4 Å². The predicted molar refractivity (Wildman–Crippen MR) is 65.8 cm³/mol. The number of methoxy groups -OCH3 is 1. The molecule has 17 heavy (non-hydrogen) atoms. The molecule has 0 aliphatic carbocycles. The first-order chi connectivity index (χ1) is 8.01. The van der Waals surface area contributed by atoms with Crippen LogP contribution in [0.4, 0.5) is 5.69 Å². The smallest absolute Gasteiger partial charge is 0.306 e. The third kappa shape index (κ3) is 4.68. The number of aryl methyl sites for hydroxylation is 2. The van der Waals surface area contributed by atoms with E-state index in [0.717, 1.165) is 16.8 Å². The zero-order chi connectivity index (χ0) is 12.8. The Morgan fingerprint density at radius 1 is 1.12 bits per heavy atom. The van der Waals surface area contributed by atoms with Crippen LogP contribution in [0.5, 0.6) is 0 Å². The lowest BCUT2D eigenvalue weighted by Crippen LogP contribution is -2.14. The van der Waals surface area contributed by atoms with Crippen LogP contribution in [0.3, 0.4) is 0 Å². The molecule has 0 aliphatic heterocycles. The summed E-state index contributed by atoms with van der Waals surface area (Å²) in [5, 5.41) is 2.76. The molecule has 4 nitrogen and oxygen atoms in total. The zero-order valence-corrected chi connectivity index (χ0v) is 10.4. The van der Waals surface area contributed by atoms with Crippen molar-refractivity contribution in [2.24, 2.45) is 0 Å². The Bertz CT molecular complexity index is 406. The van der Waals surface area contributed by atoms with E-state index in [1.807, 2.05) is 32.0 Å². The molecule has 0 heterocycles. The van der Waals surface area contributed by atoms with Crippen molar-refractivity contribution in [2.75, 3.05) is 12.4 Å². The fraction of sp³-hybridized carbons (Fsp3) is 0.385. The van der Waals surface area contributed by atoms with Gasteiger partial charge in [-0.2, -0.15) is 0 Å². The minimum atomic E-state index is -0.374. The van der Waals surface area contributed by atoms with Crippen molar-refractivity contribution < 1.29 is 14.3 Å². The van der Waals surface area contributed by atoms with Gasteiger partial charge in [0.05, 0.1) is 13.5 Å². The minimum absolute atomic E-state index is 0.104. The molecule has 0 atom stereocenters. The van der Waals surface area contributed by atoms with E-state index in [-0.39, 0.29) is 24.7 Å². The summed E-state index contributed by atoms with van der Waals surface area (Å²) < 4.78 is 4.47. The molecule has 1 amide bonds. The summed E-state index contributed by atoms with van der Waals surface area (Å²) in [5.74, 6) is -0.555. The van der Waals surface area contributed by atoms with Gasteiger partial charge in [0.1, 0.15) is 0 Å². The molecular formula is C13H17NO3. The standard InChI is InChI=1S/C13H17NO3/c1-9-6-10(2)8-11(7-9)14-12(15)4-5-13(16)17-3/h6-8H,4-5H2,1-3H3,(H,14,15). The molecule has 0 saturated carbocycles. The van der Waals surface area contributed by atoms with E-state index >= 15 is 0 Å². The van der Waals surface area contributed by atoms with E-state index in [2.05, 4.69) is 10.1 Å². The molecule has 0 bridgehead atoms. The van der Waals surface area contributed by atoms with E-state index in [1.165, 1.54) is 7.11 Å². The number of amides is 1. The number of carbonyl (C=O) groups excluding carboxylic acids is 2. The predicted octanol–water partition coefficient (Wildman–Crippen LogP) is 2.20. The molecule has 1 N–H and O–H groups in total. The van der Waals surface area contributed by atoms with Crippen molar-refractivity contribution in [3.8, 4) is 0 Å². The van der Waals surface area contributed by atoms with Gasteiger partial charge in [0.15, 0.2) is 0 Å². The number of hydrogen-bond acceptors (Lipinski definition) is 3. The minimum Gasteiger partial charge on any atom is -0.469 e. The van der Waals surface area contributed by atoms with Gasteiger partial charge in [-0.25, -0.2) is 0 Å². The Labute approximate surface area is 101 Å². The summed E-state index contributed by atoms with van der Waals surface area (Å²) in [4.78, 5) is 22.4. The quantitative estimate of drug-likeness (QED) is 0.814. The molecule has 0 aliphatic rings. The normalized spacial score (nSPS) is 9.82. The first-order valence-corrected chi connectivity index (χ1v) is 5.46. The van der Waals surface area contributed by atoms with Gasteiger partial charge in [0.25, 0.3) is 0 Å². The van der Waals surface area contributed by atoms with Crippen molar-refractivity contribution in [1.82, 2.24) is 0 Å². The van der Waals surface area contributed by atoms with Crippen LogP contribution in [-0.2, 0) is 14.3 Å². The van der Waals surface area contributed by atoms with Gasteiger partial charge in [-0.3, -0.25) is 9.59 Å². The molecule has 0 radical (unpaired) electrons. The summed E-state index contributed by atoms with van der Waals surface area (Å²) in [5.41, 5.74) is 2.94. The number of rotatable bonds is 4. The molecule has 0 aromatic heterocycles. The van der Waals surface area contributed by atoms with Crippen LogP contribution < -0.4 is 5.32 Å². The van der Waals surface area contributed by atoms with Gasteiger partial charge >= 0.3 is 5.97 Å². The number of anilines is 1. The molecule has 1 rings (SSSR count). The lowest BCUT2D eigenvalue weighted by molar-refractivity contribution is -0.141. The van der Waals surface area contributed by atoms with E-state index in [9.17, 15) is 9.59 Å². The third-order valence-corrected chi connectivity index (χ3v) is 2.29. The van der Waals surface area contributed by atoms with Gasteiger partial charge in [0.2, 0.25) is 5.91 Å². The van der Waals surface area contributed by atoms with Crippen LogP contribution in [0.2, 0.25) is 0 Å². The summed E-state index contributed by atoms with van der Waals surface area (Å²) in [6, 6.07) is 5.82. The first-order valence-electron chi connectivity index (χ1n) is 5.46. The Hall–Kier alpha value is -1.84. The highest BCUT2D eigenvalue weighted by Gasteiger charge is 2.07. The van der Waals surface area contributed by atoms with Crippen LogP contribution >= 0.6 is 0 Å². The largest absolute Gasteiger partial charge is 0.469 e. The van der Waals surface area contributed by atoms with E-state index in [4.69, 9.17) is 0 Å². The highest BCUT2D eigenvalue weighted by atomic mass is 16.5. The second-order valence-corrected chi connectivity index (χ2v) is 4.00. The molecule has 0 fully saturated rings. The van der Waals surface area contributed by atoms with Gasteiger partial charge in [-0.05, 0) is 37.1 Å². The second-order valence-electron chi connectivity index (χ2n) is 4.00. The number of hydrogen-bond donors (Lipinski definition) is 1. The lowest BCUT2D eigenvalue weighted by atomic mass is 10.1. The van der Waals surface area contributed by atoms with Crippen molar-refractivity contribution in [3.63, 3.8) is 0 Å². The average molecular weight is 235 g/mol. The van der Waals surface area contributed by atoms with E-state index in [1.54, 1.807) is 0 Å². The monoisotopic (exact) mass is 235 g/mol. The van der Waals surface area contributed by atoms with Gasteiger partial charge in [0, 0.05) is 12.1 Å². The molecule has 92 valence electrons. The van der Waals surface area contributed by atoms with Crippen LogP contribution in [0.15, 0.2) is 18.2 Å². The van der Waals surface area contributed by atoms with Crippen molar-refractivity contribution >= 4 is 17.6 Å². The molecule has 1 aromatic rings. The molecule has 4 heteroatoms. The second kappa shape index (κ2) is 6.03. The van der Waals surface area contributed by atoms with Crippen LogP contribution in [-0.4, -0.2) is 19.0 Å². The fourth-order valence-corrected chi connectivity index (χ4v) is 1.59. The first kappa shape index (κ1) is 13.2. The van der Waals surface area contributed by atoms with Gasteiger partial charge < -0.3 is 10.1 Å². The average Bonchev–Trinajstić information content (AvgIpc) is 2.24. The Balaban J connectivity index is 2.53. The highest BCUT2D eigenvalue weighted by Crippen LogP contribution is 2.14. The van der Waals surface area contributed by atoms with E-state index < -0.39 is 0 Å². The molecule has 0 unspecified atom stereocenters. The van der Waals surface area contributed by atoms with Gasteiger partial charge in [-0.15, -0.1) is 0 Å². The molecule has 0 spiro atoms. The Kier molecular flexibility index (Phi) is 4.69. The van der Waals surface area contributed by atoms with Crippen LogP contribution in [0.1, 0.15) is 24.0 Å². The number of nitrogens with one attached hydrogen (secondary N) is 1. The Morgan fingerprint density at radius 2 is 1.71 bits per heavy atom. The number of esters is 1. The fourth-order valence-electron chi connectivity index (χ4n) is 1.59. The maximum absolute atomic E-state index is 11.5. The SMILES string of the molecule is COC(=O)CCC(=O)Nc1cc(C)cc(C)c1. The number of carbonyl (C=O) groups is 2. The third-order valence-electron chi connectivity index (χ3n) is 2.29. The maximum Gasteiger partial charge on any atom is 0.306 e. The summed E-state index contributed by atoms with van der Waals surface area (Å²) in [6.45, 7) is 3.94. The molecule has 1 aromatic carbocycles. The van der Waals surface area contributed by atoms with Crippen molar-refractivity contribution in [1.29, 1.82) is 0 Å². The summed E-state index contributed by atoms with van der Waals surface area (Å²) >= 11 is 0. The lowest BCUT2D eigenvalue weighted by Gasteiger charge is -2.07. The van der Waals surface area contributed by atoms with Crippen LogP contribution in [0, 0.1) is 13.8 Å². The number of benzene rings is 1. The Morgan fingerprint density at radius 3 is 2.24 bits per heavy atom. The number of ether oxygens (including phenoxy) is 1. The van der Waals surface area contributed by atoms with E-state index in [0.29, 0.717) is 0 Å².